The van der Waals surface area contributed by atoms with Crippen molar-refractivity contribution < 1.29 is 9.84 Å². The summed E-state index contributed by atoms with van der Waals surface area (Å²) in [5.41, 5.74) is 4.80. The summed E-state index contributed by atoms with van der Waals surface area (Å²) in [5, 5.41) is 20.5. The van der Waals surface area contributed by atoms with E-state index in [0.717, 1.165) is 39.4 Å². The van der Waals surface area contributed by atoms with Gasteiger partial charge in [-0.3, -0.25) is 0 Å². The van der Waals surface area contributed by atoms with E-state index in [4.69, 9.17) is 4.74 Å². The molecule has 1 unspecified atom stereocenters. The molecule has 2 aromatic carbocycles. The third kappa shape index (κ3) is 3.34. The molecule has 1 aromatic heterocycles. The fraction of sp³-hybridized carbons (Fsp3) is 0.273. The Balaban J connectivity index is 1.69. The third-order valence-corrected chi connectivity index (χ3v) is 5.80. The molecule has 1 N–H and O–H groups in total. The van der Waals surface area contributed by atoms with Crippen molar-refractivity contribution in [3.05, 3.63) is 59.3 Å². The standard InChI is InChI=1S/C22H20N2O2S/c1-13(2)26-20-9-6-14(10-15(20)11-23)21-12-24-22(27-21)18-5-3-4-17-16(18)7-8-19(17)25/h3-6,9-10,12-13,19,25H,7-8H2,1-2H3. The molecule has 1 aliphatic carbocycles. The number of nitrogens with zero attached hydrogens (tertiary/aromatic N) is 2. The minimum atomic E-state index is -0.369. The van der Waals surface area contributed by atoms with Gasteiger partial charge in [0.05, 0.1) is 22.6 Å². The molecule has 0 radical (unpaired) electrons. The highest BCUT2D eigenvalue weighted by molar-refractivity contribution is 7.18. The molecule has 0 spiro atoms. The molecule has 0 amide bonds. The zero-order valence-electron chi connectivity index (χ0n) is 15.3. The molecule has 1 heterocycles. The number of benzene rings is 2. The van der Waals surface area contributed by atoms with Crippen LogP contribution >= 0.6 is 11.3 Å². The zero-order valence-corrected chi connectivity index (χ0v) is 16.1. The number of rotatable bonds is 4. The Labute approximate surface area is 162 Å². The number of aliphatic hydroxyl groups excluding tert-OH is 1. The summed E-state index contributed by atoms with van der Waals surface area (Å²) in [4.78, 5) is 5.62. The van der Waals surface area contributed by atoms with Gasteiger partial charge in [-0.25, -0.2) is 4.98 Å². The fourth-order valence-corrected chi connectivity index (χ4v) is 4.46. The van der Waals surface area contributed by atoms with Gasteiger partial charge in [0.2, 0.25) is 0 Å². The van der Waals surface area contributed by atoms with Crippen LogP contribution in [0.15, 0.2) is 42.6 Å². The van der Waals surface area contributed by atoms with Crippen LogP contribution in [0.25, 0.3) is 21.0 Å². The van der Waals surface area contributed by atoms with E-state index in [1.54, 1.807) is 11.3 Å². The molecule has 4 nitrogen and oxygen atoms in total. The van der Waals surface area contributed by atoms with E-state index in [9.17, 15) is 10.4 Å². The van der Waals surface area contributed by atoms with Gasteiger partial charge >= 0.3 is 0 Å². The summed E-state index contributed by atoms with van der Waals surface area (Å²) in [5.74, 6) is 0.607. The van der Waals surface area contributed by atoms with E-state index in [1.165, 1.54) is 5.56 Å². The van der Waals surface area contributed by atoms with Crippen LogP contribution in [0, 0.1) is 11.3 Å². The predicted molar refractivity (Wildman–Crippen MR) is 107 cm³/mol. The number of hydrogen-bond donors (Lipinski definition) is 1. The molecule has 4 rings (SSSR count). The average Bonchev–Trinajstić information content (AvgIpc) is 3.29. The van der Waals surface area contributed by atoms with Crippen molar-refractivity contribution in [1.29, 1.82) is 5.26 Å². The molecule has 1 atom stereocenters. The minimum Gasteiger partial charge on any atom is -0.490 e. The maximum atomic E-state index is 10.1. The van der Waals surface area contributed by atoms with Crippen LogP contribution in [0.4, 0.5) is 0 Å². The van der Waals surface area contributed by atoms with Gasteiger partial charge in [-0.05, 0) is 61.6 Å². The largest absolute Gasteiger partial charge is 0.490 e. The van der Waals surface area contributed by atoms with E-state index in [2.05, 4.69) is 17.1 Å². The number of aromatic nitrogens is 1. The maximum absolute atomic E-state index is 10.1. The number of fused-ring (bicyclic) bond motifs is 1. The lowest BCUT2D eigenvalue weighted by molar-refractivity contribution is 0.180. The van der Waals surface area contributed by atoms with Crippen molar-refractivity contribution in [3.63, 3.8) is 0 Å². The van der Waals surface area contributed by atoms with Crippen molar-refractivity contribution >= 4 is 11.3 Å². The summed E-state index contributed by atoms with van der Waals surface area (Å²) in [6.45, 7) is 3.89. The van der Waals surface area contributed by atoms with Crippen LogP contribution in [-0.4, -0.2) is 16.2 Å². The summed E-state index contributed by atoms with van der Waals surface area (Å²) < 4.78 is 5.70. The highest BCUT2D eigenvalue weighted by Crippen LogP contribution is 2.40. The van der Waals surface area contributed by atoms with Gasteiger partial charge in [0.15, 0.2) is 0 Å². The van der Waals surface area contributed by atoms with Gasteiger partial charge in [0.1, 0.15) is 16.8 Å². The second-order valence-corrected chi connectivity index (χ2v) is 7.98. The van der Waals surface area contributed by atoms with Crippen LogP contribution in [0.1, 0.15) is 43.1 Å². The van der Waals surface area contributed by atoms with Crippen molar-refractivity contribution in [1.82, 2.24) is 4.98 Å². The van der Waals surface area contributed by atoms with E-state index >= 15 is 0 Å². The monoisotopic (exact) mass is 376 g/mol. The molecule has 0 fully saturated rings. The Kier molecular flexibility index (Phi) is 4.69. The Hall–Kier alpha value is -2.68. The number of hydrogen-bond acceptors (Lipinski definition) is 5. The minimum absolute atomic E-state index is 0.0217. The van der Waals surface area contributed by atoms with Crippen molar-refractivity contribution in [2.24, 2.45) is 0 Å². The van der Waals surface area contributed by atoms with E-state index in [0.29, 0.717) is 11.3 Å². The molecule has 0 bridgehead atoms. The molecule has 0 saturated heterocycles. The van der Waals surface area contributed by atoms with Gasteiger partial charge in [0, 0.05) is 11.8 Å². The topological polar surface area (TPSA) is 66.1 Å². The Morgan fingerprint density at radius 3 is 2.93 bits per heavy atom. The smallest absolute Gasteiger partial charge is 0.137 e. The average molecular weight is 376 g/mol. The van der Waals surface area contributed by atoms with Crippen LogP contribution < -0.4 is 4.74 Å². The van der Waals surface area contributed by atoms with E-state index in [1.807, 2.05) is 50.4 Å². The molecular weight excluding hydrogens is 356 g/mol. The fourth-order valence-electron chi connectivity index (χ4n) is 3.49. The Bertz CT molecular complexity index is 1030. The first-order valence-corrected chi connectivity index (χ1v) is 9.85. The first-order valence-electron chi connectivity index (χ1n) is 9.04. The molecule has 3 aromatic rings. The lowest BCUT2D eigenvalue weighted by Crippen LogP contribution is -2.06. The number of thiazole rings is 1. The number of aliphatic hydroxyl groups is 1. The van der Waals surface area contributed by atoms with Gasteiger partial charge in [-0.15, -0.1) is 11.3 Å². The molecule has 1 aliphatic rings. The highest BCUT2D eigenvalue weighted by Gasteiger charge is 2.24. The third-order valence-electron chi connectivity index (χ3n) is 4.72. The van der Waals surface area contributed by atoms with Crippen LogP contribution in [-0.2, 0) is 6.42 Å². The number of ether oxygens (including phenoxy) is 1. The lowest BCUT2D eigenvalue weighted by atomic mass is 10.0. The summed E-state index contributed by atoms with van der Waals surface area (Å²) >= 11 is 1.60. The summed E-state index contributed by atoms with van der Waals surface area (Å²) in [6.07, 6.45) is 3.15. The number of nitriles is 1. The van der Waals surface area contributed by atoms with Crippen LogP contribution in [0.5, 0.6) is 5.75 Å². The molecule has 5 heteroatoms. The normalized spacial score (nSPS) is 15.6. The quantitative estimate of drug-likeness (QED) is 0.687. The van der Waals surface area contributed by atoms with Crippen LogP contribution in [0.3, 0.4) is 0 Å². The SMILES string of the molecule is CC(C)Oc1ccc(-c2cnc(-c3cccc4c3CCC4O)s2)cc1C#N. The van der Waals surface area contributed by atoms with E-state index in [-0.39, 0.29) is 12.2 Å². The zero-order chi connectivity index (χ0) is 19.0. The Morgan fingerprint density at radius 1 is 1.30 bits per heavy atom. The second-order valence-electron chi connectivity index (χ2n) is 6.95. The van der Waals surface area contributed by atoms with Gasteiger partial charge in [-0.2, -0.15) is 5.26 Å². The molecule has 0 aliphatic heterocycles. The lowest BCUT2D eigenvalue weighted by Gasteiger charge is -2.11. The van der Waals surface area contributed by atoms with Crippen molar-refractivity contribution in [3.8, 4) is 32.8 Å². The van der Waals surface area contributed by atoms with E-state index < -0.39 is 0 Å². The molecule has 136 valence electrons. The van der Waals surface area contributed by atoms with Crippen molar-refractivity contribution in [2.45, 2.75) is 38.9 Å². The highest BCUT2D eigenvalue weighted by atomic mass is 32.1. The first-order chi connectivity index (χ1) is 13.1. The summed E-state index contributed by atoms with van der Waals surface area (Å²) in [6, 6.07) is 13.9. The molecular formula is C22H20N2O2S. The second kappa shape index (κ2) is 7.15. The first kappa shape index (κ1) is 17.7. The van der Waals surface area contributed by atoms with Gasteiger partial charge < -0.3 is 9.84 Å². The summed E-state index contributed by atoms with van der Waals surface area (Å²) in [7, 11) is 0. The Morgan fingerprint density at radius 2 is 2.15 bits per heavy atom. The van der Waals surface area contributed by atoms with Crippen molar-refractivity contribution in [2.75, 3.05) is 0 Å². The molecule has 0 saturated carbocycles. The van der Waals surface area contributed by atoms with Crippen LogP contribution in [0.2, 0.25) is 0 Å². The molecule has 27 heavy (non-hydrogen) atoms. The predicted octanol–water partition coefficient (Wildman–Crippen LogP) is 5.12. The van der Waals surface area contributed by atoms with Gasteiger partial charge in [-0.1, -0.05) is 18.2 Å². The maximum Gasteiger partial charge on any atom is 0.137 e. The van der Waals surface area contributed by atoms with Gasteiger partial charge in [0.25, 0.3) is 0 Å².